The highest BCUT2D eigenvalue weighted by atomic mass is 16.3. The van der Waals surface area contributed by atoms with E-state index in [1.165, 1.54) is 6.26 Å². The van der Waals surface area contributed by atoms with Crippen molar-refractivity contribution in [1.82, 2.24) is 9.80 Å². The zero-order valence-electron chi connectivity index (χ0n) is 11.1. The Labute approximate surface area is 112 Å². The highest BCUT2D eigenvalue weighted by Crippen LogP contribution is 2.41. The molecule has 0 atom stereocenters. The van der Waals surface area contributed by atoms with Crippen molar-refractivity contribution in [3.8, 4) is 0 Å². The molecule has 1 aromatic heterocycles. The van der Waals surface area contributed by atoms with E-state index in [1.54, 1.807) is 17.0 Å². The highest BCUT2D eigenvalue weighted by molar-refractivity contribution is 5.92. The number of rotatable bonds is 1. The maximum atomic E-state index is 12.2. The third-order valence-electron chi connectivity index (χ3n) is 4.47. The molecule has 2 fully saturated rings. The molecule has 0 unspecified atom stereocenters. The van der Waals surface area contributed by atoms with Gasteiger partial charge in [-0.05, 0) is 31.4 Å². The lowest BCUT2D eigenvalue weighted by Crippen LogP contribution is -2.46. The molecule has 3 heterocycles. The largest absolute Gasteiger partial charge is 0.459 e. The van der Waals surface area contributed by atoms with E-state index in [0.29, 0.717) is 18.8 Å². The summed E-state index contributed by atoms with van der Waals surface area (Å²) in [6, 6.07) is 3.40. The number of hydrogen-bond acceptors (Lipinski definition) is 3. The molecule has 1 aromatic rings. The van der Waals surface area contributed by atoms with Gasteiger partial charge in [0.25, 0.3) is 5.91 Å². The van der Waals surface area contributed by atoms with Crippen LogP contribution >= 0.6 is 0 Å². The molecule has 0 N–H and O–H groups in total. The van der Waals surface area contributed by atoms with E-state index in [0.717, 1.165) is 25.8 Å². The second-order valence-electron chi connectivity index (χ2n) is 5.53. The molecule has 0 saturated carbocycles. The SMILES string of the molecule is CN1CCC2(CCN(C(=O)c3ccco3)CC2)C1=O. The number of likely N-dealkylation sites (tertiary alicyclic amines) is 2. The van der Waals surface area contributed by atoms with Crippen LogP contribution in [0.25, 0.3) is 0 Å². The minimum absolute atomic E-state index is 0.0707. The average Bonchev–Trinajstić information content (AvgIpc) is 3.05. The van der Waals surface area contributed by atoms with Crippen molar-refractivity contribution in [2.45, 2.75) is 19.3 Å². The van der Waals surface area contributed by atoms with Gasteiger partial charge in [-0.3, -0.25) is 9.59 Å². The molecule has 102 valence electrons. The molecular formula is C14H18N2O3. The van der Waals surface area contributed by atoms with E-state index in [9.17, 15) is 9.59 Å². The molecule has 2 aliphatic rings. The summed E-state index contributed by atoms with van der Waals surface area (Å²) in [5, 5.41) is 0. The lowest BCUT2D eigenvalue weighted by molar-refractivity contribution is -0.137. The molecule has 19 heavy (non-hydrogen) atoms. The quantitative estimate of drug-likeness (QED) is 0.768. The van der Waals surface area contributed by atoms with Gasteiger partial charge in [-0.25, -0.2) is 0 Å². The van der Waals surface area contributed by atoms with Gasteiger partial charge < -0.3 is 14.2 Å². The Bertz CT molecular complexity index is 487. The van der Waals surface area contributed by atoms with Gasteiger partial charge in [-0.2, -0.15) is 0 Å². The first kappa shape index (κ1) is 12.3. The van der Waals surface area contributed by atoms with Gasteiger partial charge in [0.2, 0.25) is 5.91 Å². The number of piperidine rings is 1. The van der Waals surface area contributed by atoms with E-state index >= 15 is 0 Å². The number of furan rings is 1. The van der Waals surface area contributed by atoms with Crippen molar-refractivity contribution in [3.63, 3.8) is 0 Å². The van der Waals surface area contributed by atoms with Crippen LogP contribution < -0.4 is 0 Å². The molecule has 0 bridgehead atoms. The second kappa shape index (κ2) is 4.40. The summed E-state index contributed by atoms with van der Waals surface area (Å²) >= 11 is 0. The van der Waals surface area contributed by atoms with Gasteiger partial charge >= 0.3 is 0 Å². The van der Waals surface area contributed by atoms with E-state index in [4.69, 9.17) is 4.42 Å². The van der Waals surface area contributed by atoms with E-state index in [1.807, 2.05) is 11.9 Å². The van der Waals surface area contributed by atoms with Gasteiger partial charge in [0.15, 0.2) is 5.76 Å². The molecule has 3 rings (SSSR count). The third-order valence-corrected chi connectivity index (χ3v) is 4.47. The predicted octanol–water partition coefficient (Wildman–Crippen LogP) is 1.36. The summed E-state index contributed by atoms with van der Waals surface area (Å²) in [7, 11) is 1.86. The summed E-state index contributed by atoms with van der Waals surface area (Å²) in [6.07, 6.45) is 3.96. The van der Waals surface area contributed by atoms with Crippen molar-refractivity contribution in [2.75, 3.05) is 26.7 Å². The van der Waals surface area contributed by atoms with Crippen LogP contribution in [0.4, 0.5) is 0 Å². The molecule has 0 radical (unpaired) electrons. The Morgan fingerprint density at radius 3 is 2.47 bits per heavy atom. The molecule has 1 spiro atoms. The summed E-state index contributed by atoms with van der Waals surface area (Å²) in [6.45, 7) is 2.11. The predicted molar refractivity (Wildman–Crippen MR) is 68.5 cm³/mol. The fourth-order valence-corrected chi connectivity index (χ4v) is 3.15. The van der Waals surface area contributed by atoms with Crippen molar-refractivity contribution in [1.29, 1.82) is 0 Å². The highest BCUT2D eigenvalue weighted by Gasteiger charge is 2.47. The molecular weight excluding hydrogens is 244 g/mol. The first-order valence-corrected chi connectivity index (χ1v) is 6.71. The van der Waals surface area contributed by atoms with Gasteiger partial charge in [0.05, 0.1) is 11.7 Å². The molecule has 5 nitrogen and oxygen atoms in total. The standard InChI is InChI=1S/C14H18N2O3/c1-15-7-4-14(13(15)18)5-8-16(9-6-14)12(17)11-3-2-10-19-11/h2-3,10H,4-9H2,1H3. The van der Waals surface area contributed by atoms with Crippen LogP contribution in [0, 0.1) is 5.41 Å². The number of amides is 2. The number of carbonyl (C=O) groups is 2. The fraction of sp³-hybridized carbons (Fsp3) is 0.571. The van der Waals surface area contributed by atoms with Gasteiger partial charge in [-0.1, -0.05) is 0 Å². The Kier molecular flexibility index (Phi) is 2.84. The normalized spacial score (nSPS) is 22.3. The van der Waals surface area contributed by atoms with Crippen LogP contribution in [0.2, 0.25) is 0 Å². The minimum atomic E-state index is -0.214. The lowest BCUT2D eigenvalue weighted by Gasteiger charge is -2.37. The summed E-state index contributed by atoms with van der Waals surface area (Å²) in [4.78, 5) is 27.9. The number of carbonyl (C=O) groups excluding carboxylic acids is 2. The van der Waals surface area contributed by atoms with E-state index in [-0.39, 0.29) is 17.2 Å². The third kappa shape index (κ3) is 1.93. The number of hydrogen-bond donors (Lipinski definition) is 0. The van der Waals surface area contributed by atoms with Crippen molar-refractivity contribution >= 4 is 11.8 Å². The Morgan fingerprint density at radius 2 is 1.95 bits per heavy atom. The van der Waals surface area contributed by atoms with E-state index in [2.05, 4.69) is 0 Å². The summed E-state index contributed by atoms with van der Waals surface area (Å²) < 4.78 is 5.14. The monoisotopic (exact) mass is 262 g/mol. The first-order valence-electron chi connectivity index (χ1n) is 6.71. The summed E-state index contributed by atoms with van der Waals surface area (Å²) in [5.41, 5.74) is -0.214. The molecule has 0 aliphatic carbocycles. The van der Waals surface area contributed by atoms with Crippen LogP contribution in [0.5, 0.6) is 0 Å². The lowest BCUT2D eigenvalue weighted by atomic mass is 9.77. The fourth-order valence-electron chi connectivity index (χ4n) is 3.15. The maximum absolute atomic E-state index is 12.2. The van der Waals surface area contributed by atoms with Crippen LogP contribution in [0.1, 0.15) is 29.8 Å². The number of nitrogens with zero attached hydrogens (tertiary/aromatic N) is 2. The van der Waals surface area contributed by atoms with Crippen LogP contribution in [0.3, 0.4) is 0 Å². The Hall–Kier alpha value is -1.78. The molecule has 2 saturated heterocycles. The first-order chi connectivity index (χ1) is 9.12. The molecule has 2 aliphatic heterocycles. The molecule has 0 aromatic carbocycles. The second-order valence-corrected chi connectivity index (χ2v) is 5.53. The zero-order valence-corrected chi connectivity index (χ0v) is 11.1. The minimum Gasteiger partial charge on any atom is -0.459 e. The summed E-state index contributed by atoms with van der Waals surface area (Å²) in [5.74, 6) is 0.557. The van der Waals surface area contributed by atoms with Crippen molar-refractivity contribution in [3.05, 3.63) is 24.2 Å². The molecule has 2 amide bonds. The van der Waals surface area contributed by atoms with Crippen LogP contribution in [-0.2, 0) is 4.79 Å². The zero-order chi connectivity index (χ0) is 13.5. The maximum Gasteiger partial charge on any atom is 0.289 e. The topological polar surface area (TPSA) is 53.8 Å². The molecule has 5 heteroatoms. The van der Waals surface area contributed by atoms with Gasteiger partial charge in [0.1, 0.15) is 0 Å². The van der Waals surface area contributed by atoms with Crippen molar-refractivity contribution < 1.29 is 14.0 Å². The van der Waals surface area contributed by atoms with Crippen LogP contribution in [-0.4, -0.2) is 48.3 Å². The van der Waals surface area contributed by atoms with Crippen LogP contribution in [0.15, 0.2) is 22.8 Å². The van der Waals surface area contributed by atoms with Gasteiger partial charge in [0, 0.05) is 26.7 Å². The Balaban J connectivity index is 1.67. The Morgan fingerprint density at radius 1 is 1.26 bits per heavy atom. The van der Waals surface area contributed by atoms with E-state index < -0.39 is 0 Å². The van der Waals surface area contributed by atoms with Crippen molar-refractivity contribution in [2.24, 2.45) is 5.41 Å². The average molecular weight is 262 g/mol. The van der Waals surface area contributed by atoms with Gasteiger partial charge in [-0.15, -0.1) is 0 Å². The smallest absolute Gasteiger partial charge is 0.289 e.